The van der Waals surface area contributed by atoms with Crippen LogP contribution in [0.25, 0.3) is 0 Å². The minimum Gasteiger partial charge on any atom is -0.474 e. The highest BCUT2D eigenvalue weighted by Gasteiger charge is 2.29. The number of hydrogen-bond acceptors (Lipinski definition) is 4. The largest absolute Gasteiger partial charge is 0.474 e. The number of methoxy groups -OCH3 is 1. The second-order valence-corrected chi connectivity index (χ2v) is 3.38. The molecule has 1 heterocycles. The second-order valence-electron chi connectivity index (χ2n) is 3.38. The first-order valence-electron chi connectivity index (χ1n) is 4.86. The summed E-state index contributed by atoms with van der Waals surface area (Å²) >= 11 is 0. The van der Waals surface area contributed by atoms with Crippen molar-refractivity contribution in [3.63, 3.8) is 0 Å². The summed E-state index contributed by atoms with van der Waals surface area (Å²) in [5.74, 6) is -2.38. The Kier molecular flexibility index (Phi) is 3.03. The molecule has 4 nitrogen and oxygen atoms in total. The molecule has 1 aliphatic heterocycles. The molecule has 0 spiro atoms. The molecule has 1 aromatic carbocycles. The van der Waals surface area contributed by atoms with Crippen LogP contribution >= 0.6 is 0 Å². The molecule has 0 aliphatic carbocycles. The standard InChI is InChI=1S/C11H9F2NO3/c1-16-11(15)8-5-17-10(14-8)9-6(12)3-2-4-7(9)13/h2-4,8H,5H2,1H3. The Hall–Kier alpha value is -1.98. The van der Waals surface area contributed by atoms with E-state index < -0.39 is 23.6 Å². The van der Waals surface area contributed by atoms with E-state index in [0.717, 1.165) is 12.1 Å². The van der Waals surface area contributed by atoms with E-state index in [1.807, 2.05) is 0 Å². The van der Waals surface area contributed by atoms with Gasteiger partial charge in [-0.2, -0.15) is 0 Å². The lowest BCUT2D eigenvalue weighted by Crippen LogP contribution is -2.21. The van der Waals surface area contributed by atoms with Crippen molar-refractivity contribution < 1.29 is 23.0 Å². The zero-order chi connectivity index (χ0) is 12.4. The molecule has 0 amide bonds. The van der Waals surface area contributed by atoms with Crippen LogP contribution < -0.4 is 0 Å². The number of ether oxygens (including phenoxy) is 2. The average molecular weight is 241 g/mol. The molecule has 2 rings (SSSR count). The van der Waals surface area contributed by atoms with Crippen molar-refractivity contribution in [2.45, 2.75) is 6.04 Å². The molecule has 0 aromatic heterocycles. The molecular weight excluding hydrogens is 232 g/mol. The number of benzene rings is 1. The third-order valence-electron chi connectivity index (χ3n) is 2.30. The monoisotopic (exact) mass is 241 g/mol. The molecule has 0 N–H and O–H groups in total. The van der Waals surface area contributed by atoms with Crippen LogP contribution in [-0.2, 0) is 14.3 Å². The third-order valence-corrected chi connectivity index (χ3v) is 2.30. The number of halogens is 2. The Labute approximate surface area is 95.9 Å². The maximum Gasteiger partial charge on any atom is 0.334 e. The molecule has 1 atom stereocenters. The quantitative estimate of drug-likeness (QED) is 0.733. The van der Waals surface area contributed by atoms with E-state index in [-0.39, 0.29) is 18.1 Å². The van der Waals surface area contributed by atoms with Gasteiger partial charge in [0.1, 0.15) is 23.8 Å². The molecule has 17 heavy (non-hydrogen) atoms. The zero-order valence-electron chi connectivity index (χ0n) is 8.94. The van der Waals surface area contributed by atoms with Gasteiger partial charge in [0.2, 0.25) is 5.90 Å². The molecular formula is C11H9F2NO3. The van der Waals surface area contributed by atoms with Crippen LogP contribution in [0.15, 0.2) is 23.2 Å². The fourth-order valence-electron chi connectivity index (χ4n) is 1.47. The van der Waals surface area contributed by atoms with Crippen molar-refractivity contribution in [1.82, 2.24) is 0 Å². The van der Waals surface area contributed by atoms with Gasteiger partial charge in [0, 0.05) is 0 Å². The van der Waals surface area contributed by atoms with Crippen LogP contribution in [0.5, 0.6) is 0 Å². The highest BCUT2D eigenvalue weighted by atomic mass is 19.1. The summed E-state index contributed by atoms with van der Waals surface area (Å²) < 4.78 is 36.3. The topological polar surface area (TPSA) is 47.9 Å². The molecule has 0 saturated carbocycles. The summed E-state index contributed by atoms with van der Waals surface area (Å²) in [6, 6.07) is 2.56. The van der Waals surface area contributed by atoms with Crippen LogP contribution in [0.4, 0.5) is 8.78 Å². The molecule has 0 saturated heterocycles. The smallest absolute Gasteiger partial charge is 0.334 e. The van der Waals surface area contributed by atoms with Crippen molar-refractivity contribution in [1.29, 1.82) is 0 Å². The Balaban J connectivity index is 2.33. The SMILES string of the molecule is COC(=O)C1COC(c2c(F)cccc2F)=N1. The lowest BCUT2D eigenvalue weighted by molar-refractivity contribution is -0.142. The summed E-state index contributed by atoms with van der Waals surface area (Å²) in [7, 11) is 1.21. The molecule has 1 aromatic rings. The van der Waals surface area contributed by atoms with Gasteiger partial charge < -0.3 is 9.47 Å². The molecule has 1 aliphatic rings. The normalized spacial score (nSPS) is 18.5. The lowest BCUT2D eigenvalue weighted by atomic mass is 10.2. The van der Waals surface area contributed by atoms with Crippen molar-refractivity contribution in [2.24, 2.45) is 4.99 Å². The van der Waals surface area contributed by atoms with Gasteiger partial charge in [-0.3, -0.25) is 0 Å². The predicted molar refractivity (Wildman–Crippen MR) is 54.7 cm³/mol. The number of esters is 1. The number of hydrogen-bond donors (Lipinski definition) is 0. The van der Waals surface area contributed by atoms with Gasteiger partial charge in [0.25, 0.3) is 0 Å². The van der Waals surface area contributed by atoms with E-state index in [1.54, 1.807) is 0 Å². The molecule has 0 bridgehead atoms. The minimum atomic E-state index is -0.867. The van der Waals surface area contributed by atoms with Crippen LogP contribution in [-0.4, -0.2) is 31.6 Å². The van der Waals surface area contributed by atoms with E-state index >= 15 is 0 Å². The maximum absolute atomic E-state index is 13.4. The molecule has 0 radical (unpaired) electrons. The number of rotatable bonds is 2. The van der Waals surface area contributed by atoms with Gasteiger partial charge in [-0.1, -0.05) is 6.07 Å². The van der Waals surface area contributed by atoms with Crippen molar-refractivity contribution >= 4 is 11.9 Å². The molecule has 1 unspecified atom stereocenters. The summed E-state index contributed by atoms with van der Waals surface area (Å²) in [5.41, 5.74) is -0.362. The first-order chi connectivity index (χ1) is 8.13. The molecule has 90 valence electrons. The summed E-state index contributed by atoms with van der Waals surface area (Å²) in [5, 5.41) is 0. The van der Waals surface area contributed by atoms with Crippen molar-refractivity contribution in [3.05, 3.63) is 35.4 Å². The van der Waals surface area contributed by atoms with Gasteiger partial charge in [-0.15, -0.1) is 0 Å². The van der Waals surface area contributed by atoms with Crippen LogP contribution in [0, 0.1) is 11.6 Å². The van der Waals surface area contributed by atoms with E-state index in [0.29, 0.717) is 0 Å². The first kappa shape index (κ1) is 11.5. The average Bonchev–Trinajstić information content (AvgIpc) is 2.77. The minimum absolute atomic E-state index is 0.0736. The number of carbonyl (C=O) groups is 1. The van der Waals surface area contributed by atoms with Crippen molar-refractivity contribution in [3.8, 4) is 0 Å². The fraction of sp³-hybridized carbons (Fsp3) is 0.273. The summed E-state index contributed by atoms with van der Waals surface area (Å²) in [6.07, 6.45) is 0. The van der Waals surface area contributed by atoms with E-state index in [4.69, 9.17) is 4.74 Å². The van der Waals surface area contributed by atoms with Gasteiger partial charge in [0.05, 0.1) is 7.11 Å². The second kappa shape index (κ2) is 4.48. The van der Waals surface area contributed by atoms with Crippen LogP contribution in [0.1, 0.15) is 5.56 Å². The highest BCUT2D eigenvalue weighted by molar-refractivity contribution is 5.98. The van der Waals surface area contributed by atoms with E-state index in [1.165, 1.54) is 13.2 Å². The molecule has 0 fully saturated rings. The van der Waals surface area contributed by atoms with Crippen molar-refractivity contribution in [2.75, 3.05) is 13.7 Å². The fourth-order valence-corrected chi connectivity index (χ4v) is 1.47. The Morgan fingerprint density at radius 2 is 2.12 bits per heavy atom. The Bertz CT molecular complexity index is 467. The first-order valence-corrected chi connectivity index (χ1v) is 4.86. The molecule has 6 heteroatoms. The van der Waals surface area contributed by atoms with Crippen LogP contribution in [0.3, 0.4) is 0 Å². The summed E-state index contributed by atoms with van der Waals surface area (Å²) in [4.78, 5) is 15.0. The summed E-state index contributed by atoms with van der Waals surface area (Å²) in [6.45, 7) is -0.0736. The van der Waals surface area contributed by atoms with Gasteiger partial charge in [-0.05, 0) is 12.1 Å². The zero-order valence-corrected chi connectivity index (χ0v) is 8.94. The number of carbonyl (C=O) groups excluding carboxylic acids is 1. The highest BCUT2D eigenvalue weighted by Crippen LogP contribution is 2.18. The Morgan fingerprint density at radius 1 is 1.47 bits per heavy atom. The van der Waals surface area contributed by atoms with Gasteiger partial charge in [0.15, 0.2) is 6.04 Å². The predicted octanol–water partition coefficient (Wildman–Crippen LogP) is 1.28. The van der Waals surface area contributed by atoms with E-state index in [9.17, 15) is 13.6 Å². The number of nitrogens with zero attached hydrogens (tertiary/aromatic N) is 1. The third kappa shape index (κ3) is 2.11. The Morgan fingerprint density at radius 3 is 2.71 bits per heavy atom. The number of aliphatic imine (C=N–C) groups is 1. The lowest BCUT2D eigenvalue weighted by Gasteiger charge is -2.03. The van der Waals surface area contributed by atoms with E-state index in [2.05, 4.69) is 9.73 Å². The van der Waals surface area contributed by atoms with Gasteiger partial charge in [-0.25, -0.2) is 18.6 Å². The van der Waals surface area contributed by atoms with Gasteiger partial charge >= 0.3 is 5.97 Å². The maximum atomic E-state index is 13.4. The van der Waals surface area contributed by atoms with Crippen LogP contribution in [0.2, 0.25) is 0 Å².